The summed E-state index contributed by atoms with van der Waals surface area (Å²) in [7, 11) is 0. The number of halogens is 1. The van der Waals surface area contributed by atoms with Crippen LogP contribution in [0.2, 0.25) is 0 Å². The summed E-state index contributed by atoms with van der Waals surface area (Å²) in [6.45, 7) is 2.51. The molecule has 1 aromatic carbocycles. The van der Waals surface area contributed by atoms with Crippen molar-refractivity contribution >= 4 is 15.9 Å². The topological polar surface area (TPSA) is 29.5 Å². The van der Waals surface area contributed by atoms with Gasteiger partial charge in [-0.05, 0) is 31.4 Å². The largest absolute Gasteiger partial charge is 0.493 e. The second-order valence-corrected chi connectivity index (χ2v) is 5.35. The van der Waals surface area contributed by atoms with Crippen LogP contribution in [0.4, 0.5) is 0 Å². The van der Waals surface area contributed by atoms with Crippen molar-refractivity contribution in [2.24, 2.45) is 5.92 Å². The molecule has 88 valence electrons. The van der Waals surface area contributed by atoms with Gasteiger partial charge in [0.05, 0.1) is 12.7 Å². The Hall–Kier alpha value is -0.540. The van der Waals surface area contributed by atoms with Gasteiger partial charge >= 0.3 is 0 Å². The van der Waals surface area contributed by atoms with Crippen LogP contribution in [0.1, 0.15) is 37.9 Å². The molecule has 1 fully saturated rings. The average molecular weight is 285 g/mol. The van der Waals surface area contributed by atoms with Crippen LogP contribution in [-0.4, -0.2) is 11.7 Å². The van der Waals surface area contributed by atoms with Gasteiger partial charge in [0.15, 0.2) is 0 Å². The van der Waals surface area contributed by atoms with E-state index in [1.54, 1.807) is 6.92 Å². The zero-order valence-electron chi connectivity index (χ0n) is 9.45. The fourth-order valence-electron chi connectivity index (χ4n) is 1.72. The van der Waals surface area contributed by atoms with Gasteiger partial charge in [0, 0.05) is 10.0 Å². The molecule has 0 spiro atoms. The fourth-order valence-corrected chi connectivity index (χ4v) is 2.06. The molecular weight excluding hydrogens is 268 g/mol. The van der Waals surface area contributed by atoms with E-state index in [1.165, 1.54) is 12.8 Å². The lowest BCUT2D eigenvalue weighted by Crippen LogP contribution is -2.03. The Labute approximate surface area is 105 Å². The lowest BCUT2D eigenvalue weighted by Gasteiger charge is -2.13. The molecule has 0 bridgehead atoms. The van der Waals surface area contributed by atoms with E-state index in [-0.39, 0.29) is 0 Å². The van der Waals surface area contributed by atoms with Crippen LogP contribution >= 0.6 is 15.9 Å². The van der Waals surface area contributed by atoms with E-state index in [0.29, 0.717) is 0 Å². The standard InChI is InChI=1S/C13H17BrO2/c1-9(15)12-5-4-11(14)8-13(12)16-7-6-10-2-3-10/h4-5,8-10,15H,2-3,6-7H2,1H3/t9-/m1/s1. The zero-order chi connectivity index (χ0) is 11.5. The number of aliphatic hydroxyl groups is 1. The van der Waals surface area contributed by atoms with E-state index in [0.717, 1.165) is 34.7 Å². The minimum Gasteiger partial charge on any atom is -0.493 e. The second-order valence-electron chi connectivity index (χ2n) is 4.44. The van der Waals surface area contributed by atoms with E-state index >= 15 is 0 Å². The summed E-state index contributed by atoms with van der Waals surface area (Å²) in [6.07, 6.45) is 3.35. The lowest BCUT2D eigenvalue weighted by atomic mass is 10.1. The number of rotatable bonds is 5. The first-order valence-electron chi connectivity index (χ1n) is 5.77. The molecule has 0 aromatic heterocycles. The summed E-state index contributed by atoms with van der Waals surface area (Å²) < 4.78 is 6.72. The predicted octanol–water partition coefficient (Wildman–Crippen LogP) is 3.68. The van der Waals surface area contributed by atoms with Crippen molar-refractivity contribution in [1.29, 1.82) is 0 Å². The number of hydrogen-bond acceptors (Lipinski definition) is 2. The van der Waals surface area contributed by atoms with Gasteiger partial charge in [-0.1, -0.05) is 34.8 Å². The number of benzene rings is 1. The molecule has 1 atom stereocenters. The summed E-state index contributed by atoms with van der Waals surface area (Å²) >= 11 is 3.42. The molecule has 1 aliphatic rings. The van der Waals surface area contributed by atoms with Gasteiger partial charge in [-0.2, -0.15) is 0 Å². The molecule has 1 saturated carbocycles. The average Bonchev–Trinajstić information content (AvgIpc) is 3.01. The van der Waals surface area contributed by atoms with E-state index < -0.39 is 6.10 Å². The number of aliphatic hydroxyl groups excluding tert-OH is 1. The summed E-state index contributed by atoms with van der Waals surface area (Å²) in [5.41, 5.74) is 0.860. The minimum absolute atomic E-state index is 0.482. The maximum Gasteiger partial charge on any atom is 0.126 e. The molecule has 0 heterocycles. The molecule has 0 saturated heterocycles. The first-order chi connectivity index (χ1) is 7.66. The Kier molecular flexibility index (Phi) is 3.87. The highest BCUT2D eigenvalue weighted by molar-refractivity contribution is 9.10. The summed E-state index contributed by atoms with van der Waals surface area (Å²) in [5, 5.41) is 9.62. The maximum absolute atomic E-state index is 9.62. The highest BCUT2D eigenvalue weighted by Crippen LogP contribution is 2.33. The van der Waals surface area contributed by atoms with Crippen molar-refractivity contribution in [3.8, 4) is 5.75 Å². The van der Waals surface area contributed by atoms with E-state index in [9.17, 15) is 5.11 Å². The molecule has 2 rings (SSSR count). The van der Waals surface area contributed by atoms with Crippen molar-refractivity contribution in [2.75, 3.05) is 6.61 Å². The molecule has 0 unspecified atom stereocenters. The summed E-state index contributed by atoms with van der Waals surface area (Å²) in [4.78, 5) is 0. The molecule has 16 heavy (non-hydrogen) atoms. The highest BCUT2D eigenvalue weighted by atomic mass is 79.9. The van der Waals surface area contributed by atoms with Crippen LogP contribution in [0, 0.1) is 5.92 Å². The van der Waals surface area contributed by atoms with E-state index in [2.05, 4.69) is 15.9 Å². The van der Waals surface area contributed by atoms with Gasteiger partial charge in [-0.15, -0.1) is 0 Å². The molecule has 0 radical (unpaired) electrons. The van der Waals surface area contributed by atoms with Crippen LogP contribution in [0.25, 0.3) is 0 Å². The molecule has 2 nitrogen and oxygen atoms in total. The number of ether oxygens (including phenoxy) is 1. The van der Waals surface area contributed by atoms with Crippen molar-refractivity contribution in [2.45, 2.75) is 32.3 Å². The third-order valence-corrected chi connectivity index (χ3v) is 3.40. The normalized spacial score (nSPS) is 17.2. The van der Waals surface area contributed by atoms with Crippen molar-refractivity contribution in [3.63, 3.8) is 0 Å². The Morgan fingerprint density at radius 2 is 2.25 bits per heavy atom. The highest BCUT2D eigenvalue weighted by Gasteiger charge is 2.21. The van der Waals surface area contributed by atoms with Crippen LogP contribution in [0.3, 0.4) is 0 Å². The summed E-state index contributed by atoms with van der Waals surface area (Å²) in [5.74, 6) is 1.67. The first kappa shape index (κ1) is 11.9. The number of hydrogen-bond donors (Lipinski definition) is 1. The molecule has 1 aromatic rings. The first-order valence-corrected chi connectivity index (χ1v) is 6.56. The van der Waals surface area contributed by atoms with Gasteiger partial charge in [0.1, 0.15) is 5.75 Å². The van der Waals surface area contributed by atoms with Crippen LogP contribution < -0.4 is 4.74 Å². The molecule has 3 heteroatoms. The molecule has 0 aliphatic heterocycles. The van der Waals surface area contributed by atoms with Gasteiger partial charge in [-0.3, -0.25) is 0 Å². The van der Waals surface area contributed by atoms with E-state index in [1.807, 2.05) is 18.2 Å². The Balaban J connectivity index is 2.00. The molecule has 1 N–H and O–H groups in total. The monoisotopic (exact) mass is 284 g/mol. The third-order valence-electron chi connectivity index (χ3n) is 2.91. The van der Waals surface area contributed by atoms with Gasteiger partial charge in [0.2, 0.25) is 0 Å². The fraction of sp³-hybridized carbons (Fsp3) is 0.538. The van der Waals surface area contributed by atoms with Crippen LogP contribution in [0.5, 0.6) is 5.75 Å². The summed E-state index contributed by atoms with van der Waals surface area (Å²) in [6, 6.07) is 5.76. The smallest absolute Gasteiger partial charge is 0.126 e. The van der Waals surface area contributed by atoms with Crippen molar-refractivity contribution in [3.05, 3.63) is 28.2 Å². The van der Waals surface area contributed by atoms with E-state index in [4.69, 9.17) is 4.74 Å². The van der Waals surface area contributed by atoms with Crippen LogP contribution in [-0.2, 0) is 0 Å². The molecular formula is C13H17BrO2. The van der Waals surface area contributed by atoms with Gasteiger partial charge in [0.25, 0.3) is 0 Å². The Morgan fingerprint density at radius 3 is 2.88 bits per heavy atom. The minimum atomic E-state index is -0.482. The van der Waals surface area contributed by atoms with Gasteiger partial charge < -0.3 is 9.84 Å². The van der Waals surface area contributed by atoms with Gasteiger partial charge in [-0.25, -0.2) is 0 Å². The van der Waals surface area contributed by atoms with Crippen molar-refractivity contribution in [1.82, 2.24) is 0 Å². The lowest BCUT2D eigenvalue weighted by molar-refractivity contribution is 0.190. The Bertz CT molecular complexity index is 359. The second kappa shape index (κ2) is 5.19. The predicted molar refractivity (Wildman–Crippen MR) is 67.6 cm³/mol. The molecule has 0 amide bonds. The Morgan fingerprint density at radius 1 is 1.50 bits per heavy atom. The SMILES string of the molecule is C[C@@H](O)c1ccc(Br)cc1OCCC1CC1. The van der Waals surface area contributed by atoms with Crippen molar-refractivity contribution < 1.29 is 9.84 Å². The zero-order valence-corrected chi connectivity index (χ0v) is 11.0. The molecule has 1 aliphatic carbocycles. The maximum atomic E-state index is 9.62. The third kappa shape index (κ3) is 3.22. The van der Waals surface area contributed by atoms with Crippen LogP contribution in [0.15, 0.2) is 22.7 Å². The quantitative estimate of drug-likeness (QED) is 0.894.